The Balaban J connectivity index is 2.19. The molecule has 2 N–H and O–H groups in total. The normalized spacial score (nSPS) is 11.0. The number of rotatable bonds is 6. The summed E-state index contributed by atoms with van der Waals surface area (Å²) in [5.74, 6) is 0.737. The van der Waals surface area contributed by atoms with E-state index in [1.165, 1.54) is 11.8 Å². The third-order valence-electron chi connectivity index (χ3n) is 2.38. The monoisotopic (exact) mass is 328 g/mol. The number of hydrogen-bond donors (Lipinski definition) is 2. The van der Waals surface area contributed by atoms with Gasteiger partial charge in [0.25, 0.3) is 0 Å². The van der Waals surface area contributed by atoms with Gasteiger partial charge in [0.05, 0.1) is 12.3 Å². The average Bonchev–Trinajstić information content (AvgIpc) is 2.37. The summed E-state index contributed by atoms with van der Waals surface area (Å²) in [6.07, 6.45) is 0. The van der Waals surface area contributed by atoms with Gasteiger partial charge in [-0.2, -0.15) is 0 Å². The van der Waals surface area contributed by atoms with Gasteiger partial charge in [-0.25, -0.2) is 0 Å². The van der Waals surface area contributed by atoms with Gasteiger partial charge in [0.15, 0.2) is 0 Å². The highest BCUT2D eigenvalue weighted by molar-refractivity contribution is 7.99. The van der Waals surface area contributed by atoms with Crippen LogP contribution in [0.2, 0.25) is 5.02 Å². The third kappa shape index (κ3) is 8.63. The number of benzene rings is 1. The van der Waals surface area contributed by atoms with Crippen molar-refractivity contribution < 1.29 is 9.59 Å². The fraction of sp³-hybridized carbons (Fsp3) is 0.467. The Morgan fingerprint density at radius 3 is 2.33 bits per heavy atom. The molecule has 1 aromatic carbocycles. The largest absolute Gasteiger partial charge is 0.350 e. The summed E-state index contributed by atoms with van der Waals surface area (Å²) >= 11 is 7.30. The highest BCUT2D eigenvalue weighted by Gasteiger charge is 2.14. The molecule has 2 amide bonds. The number of carbonyl (C=O) groups excluding carboxylic acids is 2. The lowest BCUT2D eigenvalue weighted by Crippen LogP contribution is -2.46. The SMILES string of the molecule is CC(C)(C)NC(=O)CNC(=O)CSCc1ccc(Cl)cc1. The molecule has 1 aromatic rings. The van der Waals surface area contributed by atoms with Crippen LogP contribution in [0.4, 0.5) is 0 Å². The van der Waals surface area contributed by atoms with Crippen LogP contribution in [0.25, 0.3) is 0 Å². The molecule has 21 heavy (non-hydrogen) atoms. The van der Waals surface area contributed by atoms with Crippen LogP contribution in [0, 0.1) is 0 Å². The summed E-state index contributed by atoms with van der Waals surface area (Å²) in [7, 11) is 0. The summed E-state index contributed by atoms with van der Waals surface area (Å²) in [6, 6.07) is 7.52. The zero-order chi connectivity index (χ0) is 15.9. The lowest BCUT2D eigenvalue weighted by molar-refractivity contribution is -0.125. The van der Waals surface area contributed by atoms with Crippen LogP contribution in [-0.2, 0) is 15.3 Å². The molecule has 0 spiro atoms. The molecule has 0 heterocycles. The van der Waals surface area contributed by atoms with Gasteiger partial charge in [-0.1, -0.05) is 23.7 Å². The summed E-state index contributed by atoms with van der Waals surface area (Å²) < 4.78 is 0. The van der Waals surface area contributed by atoms with E-state index in [1.54, 1.807) is 0 Å². The highest BCUT2D eigenvalue weighted by Crippen LogP contribution is 2.15. The molecule has 0 bridgehead atoms. The van der Waals surface area contributed by atoms with Crippen LogP contribution >= 0.6 is 23.4 Å². The predicted octanol–water partition coefficient (Wildman–Crippen LogP) is 2.60. The number of nitrogens with one attached hydrogen (secondary N) is 2. The van der Waals surface area contributed by atoms with Gasteiger partial charge in [0.2, 0.25) is 11.8 Å². The van der Waals surface area contributed by atoms with Crippen molar-refractivity contribution >= 4 is 35.2 Å². The molecule has 0 fully saturated rings. The lowest BCUT2D eigenvalue weighted by atomic mass is 10.1. The molecule has 1 rings (SSSR count). The second kappa shape index (κ2) is 8.29. The first-order valence-electron chi connectivity index (χ1n) is 6.66. The minimum atomic E-state index is -0.287. The van der Waals surface area contributed by atoms with E-state index in [0.717, 1.165) is 11.3 Å². The molecule has 6 heteroatoms. The van der Waals surface area contributed by atoms with E-state index in [9.17, 15) is 9.59 Å². The Morgan fingerprint density at radius 1 is 1.14 bits per heavy atom. The molecule has 0 radical (unpaired) electrons. The Bertz CT molecular complexity index is 483. The van der Waals surface area contributed by atoms with E-state index in [0.29, 0.717) is 10.8 Å². The van der Waals surface area contributed by atoms with Crippen molar-refractivity contribution in [2.75, 3.05) is 12.3 Å². The number of hydrogen-bond acceptors (Lipinski definition) is 3. The average molecular weight is 329 g/mol. The quantitative estimate of drug-likeness (QED) is 0.844. The Labute approximate surface area is 135 Å². The van der Waals surface area contributed by atoms with Gasteiger partial charge >= 0.3 is 0 Å². The third-order valence-corrected chi connectivity index (χ3v) is 3.63. The molecule has 0 saturated carbocycles. The summed E-state index contributed by atoms with van der Waals surface area (Å²) in [4.78, 5) is 23.2. The molecule has 0 atom stereocenters. The lowest BCUT2D eigenvalue weighted by Gasteiger charge is -2.20. The smallest absolute Gasteiger partial charge is 0.239 e. The fourth-order valence-corrected chi connectivity index (χ4v) is 2.48. The topological polar surface area (TPSA) is 58.2 Å². The van der Waals surface area contributed by atoms with Gasteiger partial charge < -0.3 is 10.6 Å². The van der Waals surface area contributed by atoms with E-state index < -0.39 is 0 Å². The first kappa shape index (κ1) is 17.9. The van der Waals surface area contributed by atoms with Crippen molar-refractivity contribution in [1.82, 2.24) is 10.6 Å². The summed E-state index contributed by atoms with van der Waals surface area (Å²) in [6.45, 7) is 5.70. The molecule has 4 nitrogen and oxygen atoms in total. The minimum absolute atomic E-state index is 0.0115. The van der Waals surface area contributed by atoms with Crippen molar-refractivity contribution in [2.24, 2.45) is 0 Å². The van der Waals surface area contributed by atoms with Crippen molar-refractivity contribution in [2.45, 2.75) is 32.1 Å². The molecular weight excluding hydrogens is 308 g/mol. The standard InChI is InChI=1S/C15H21ClN2O2S/c1-15(2,3)18-13(19)8-17-14(20)10-21-9-11-4-6-12(16)7-5-11/h4-7H,8-10H2,1-3H3,(H,17,20)(H,18,19). The van der Waals surface area contributed by atoms with E-state index in [1.807, 2.05) is 45.0 Å². The number of carbonyl (C=O) groups is 2. The van der Waals surface area contributed by atoms with Gasteiger partial charge in [-0.15, -0.1) is 11.8 Å². The van der Waals surface area contributed by atoms with E-state index in [2.05, 4.69) is 10.6 Å². The predicted molar refractivity (Wildman–Crippen MR) is 88.5 cm³/mol. The second-order valence-electron chi connectivity index (χ2n) is 5.69. The van der Waals surface area contributed by atoms with E-state index >= 15 is 0 Å². The van der Waals surface area contributed by atoms with Crippen LogP contribution in [0.1, 0.15) is 26.3 Å². The van der Waals surface area contributed by atoms with E-state index in [-0.39, 0.29) is 23.9 Å². The zero-order valence-electron chi connectivity index (χ0n) is 12.5. The van der Waals surface area contributed by atoms with Crippen molar-refractivity contribution in [1.29, 1.82) is 0 Å². The zero-order valence-corrected chi connectivity index (χ0v) is 14.1. The van der Waals surface area contributed by atoms with Crippen LogP contribution in [-0.4, -0.2) is 29.7 Å². The summed E-state index contributed by atoms with van der Waals surface area (Å²) in [5, 5.41) is 6.10. The molecule has 0 aliphatic carbocycles. The number of amides is 2. The van der Waals surface area contributed by atoms with Crippen molar-refractivity contribution in [3.63, 3.8) is 0 Å². The number of thioether (sulfide) groups is 1. The maximum absolute atomic E-state index is 11.6. The molecule has 0 unspecified atom stereocenters. The minimum Gasteiger partial charge on any atom is -0.350 e. The Morgan fingerprint density at radius 2 is 1.76 bits per heavy atom. The van der Waals surface area contributed by atoms with Crippen molar-refractivity contribution in [3.8, 4) is 0 Å². The van der Waals surface area contributed by atoms with Crippen LogP contribution in [0.5, 0.6) is 0 Å². The Kier molecular flexibility index (Phi) is 7.05. The Hall–Kier alpha value is -1.20. The van der Waals surface area contributed by atoms with E-state index in [4.69, 9.17) is 11.6 Å². The molecule has 116 valence electrons. The number of halogens is 1. The van der Waals surface area contributed by atoms with Gasteiger partial charge in [-0.3, -0.25) is 9.59 Å². The molecule has 0 aliphatic heterocycles. The summed E-state index contributed by atoms with van der Waals surface area (Å²) in [5.41, 5.74) is 0.827. The highest BCUT2D eigenvalue weighted by atomic mass is 35.5. The molecule has 0 aromatic heterocycles. The van der Waals surface area contributed by atoms with Crippen molar-refractivity contribution in [3.05, 3.63) is 34.9 Å². The van der Waals surface area contributed by atoms with Crippen LogP contribution in [0.3, 0.4) is 0 Å². The molecule has 0 saturated heterocycles. The van der Waals surface area contributed by atoms with Gasteiger partial charge in [-0.05, 0) is 38.5 Å². The molecule has 0 aliphatic rings. The maximum Gasteiger partial charge on any atom is 0.239 e. The first-order valence-corrected chi connectivity index (χ1v) is 8.19. The maximum atomic E-state index is 11.6. The van der Waals surface area contributed by atoms with Gasteiger partial charge in [0.1, 0.15) is 0 Å². The second-order valence-corrected chi connectivity index (χ2v) is 7.12. The fourth-order valence-electron chi connectivity index (χ4n) is 1.53. The van der Waals surface area contributed by atoms with Gasteiger partial charge in [0, 0.05) is 16.3 Å². The molecular formula is C15H21ClN2O2S. The van der Waals surface area contributed by atoms with Crippen LogP contribution < -0.4 is 10.6 Å². The first-order chi connectivity index (χ1) is 9.76. The van der Waals surface area contributed by atoms with Crippen LogP contribution in [0.15, 0.2) is 24.3 Å².